The van der Waals surface area contributed by atoms with E-state index in [1.165, 1.54) is 0 Å². The summed E-state index contributed by atoms with van der Waals surface area (Å²) < 4.78 is 2.99. The van der Waals surface area contributed by atoms with E-state index in [-0.39, 0.29) is 0 Å². The van der Waals surface area contributed by atoms with Crippen LogP contribution >= 0.6 is 15.9 Å². The van der Waals surface area contributed by atoms with Crippen molar-refractivity contribution in [2.75, 3.05) is 6.54 Å². The van der Waals surface area contributed by atoms with Crippen molar-refractivity contribution in [3.8, 4) is 0 Å². The number of nitrogens with zero attached hydrogens (tertiary/aromatic N) is 2. The third-order valence-electron chi connectivity index (χ3n) is 4.41. The minimum Gasteiger partial charge on any atom is -0.389 e. The van der Waals surface area contributed by atoms with Crippen molar-refractivity contribution < 1.29 is 5.11 Å². The second kappa shape index (κ2) is 6.58. The molecule has 20 heavy (non-hydrogen) atoms. The van der Waals surface area contributed by atoms with Crippen molar-refractivity contribution in [2.45, 2.75) is 64.0 Å². The lowest BCUT2D eigenvalue weighted by molar-refractivity contribution is -0.00456. The molecule has 2 rings (SSSR count). The summed E-state index contributed by atoms with van der Waals surface area (Å²) in [4.78, 5) is 0. The quantitative estimate of drug-likeness (QED) is 0.863. The molecule has 2 N–H and O–H groups in total. The smallest absolute Gasteiger partial charge is 0.0766 e. The Morgan fingerprint density at radius 2 is 2.05 bits per heavy atom. The minimum absolute atomic E-state index is 0.571. The van der Waals surface area contributed by atoms with E-state index in [1.807, 2.05) is 11.7 Å². The van der Waals surface area contributed by atoms with Crippen LogP contribution in [-0.4, -0.2) is 33.1 Å². The number of halogens is 1. The lowest BCUT2D eigenvalue weighted by Crippen LogP contribution is -2.42. The normalized spacial score (nSPS) is 26.9. The highest BCUT2D eigenvalue weighted by molar-refractivity contribution is 9.10. The van der Waals surface area contributed by atoms with E-state index in [0.29, 0.717) is 12.5 Å². The van der Waals surface area contributed by atoms with Crippen molar-refractivity contribution in [3.63, 3.8) is 0 Å². The second-order valence-electron chi connectivity index (χ2n) is 5.92. The van der Waals surface area contributed by atoms with Gasteiger partial charge in [-0.1, -0.05) is 13.8 Å². The largest absolute Gasteiger partial charge is 0.389 e. The maximum absolute atomic E-state index is 10.9. The molecule has 0 aliphatic heterocycles. The first-order chi connectivity index (χ1) is 9.49. The topological polar surface area (TPSA) is 50.1 Å². The molecule has 0 amide bonds. The molecule has 5 heteroatoms. The molecular weight excluding hydrogens is 318 g/mol. The van der Waals surface area contributed by atoms with Crippen LogP contribution in [0.15, 0.2) is 4.47 Å². The van der Waals surface area contributed by atoms with Gasteiger partial charge in [-0.2, -0.15) is 5.10 Å². The van der Waals surface area contributed by atoms with Gasteiger partial charge in [0.2, 0.25) is 0 Å². The van der Waals surface area contributed by atoms with E-state index >= 15 is 0 Å². The molecule has 0 bridgehead atoms. The molecule has 1 aliphatic rings. The zero-order valence-corrected chi connectivity index (χ0v) is 14.3. The molecule has 4 nitrogen and oxygen atoms in total. The molecule has 0 atom stereocenters. The Hall–Kier alpha value is -0.390. The fraction of sp³-hybridized carbons (Fsp3) is 0.800. The molecule has 1 fully saturated rings. The zero-order chi connectivity index (χ0) is 14.8. The fourth-order valence-corrected chi connectivity index (χ4v) is 3.90. The van der Waals surface area contributed by atoms with Crippen LogP contribution in [0.5, 0.6) is 0 Å². The van der Waals surface area contributed by atoms with Gasteiger partial charge in [0.1, 0.15) is 0 Å². The average molecular weight is 344 g/mol. The van der Waals surface area contributed by atoms with Crippen LogP contribution in [0.1, 0.15) is 50.9 Å². The molecule has 114 valence electrons. The second-order valence-corrected chi connectivity index (χ2v) is 6.71. The Morgan fingerprint density at radius 1 is 1.40 bits per heavy atom. The SMILES string of the molecule is CCNC1CCC(O)(Cc2c(Br)c(CC)nn2C)CC1. The van der Waals surface area contributed by atoms with Gasteiger partial charge in [0.15, 0.2) is 0 Å². The highest BCUT2D eigenvalue weighted by Gasteiger charge is 2.34. The van der Waals surface area contributed by atoms with Crippen LogP contribution in [0.4, 0.5) is 0 Å². The van der Waals surface area contributed by atoms with Crippen LogP contribution in [0.3, 0.4) is 0 Å². The van der Waals surface area contributed by atoms with Gasteiger partial charge in [-0.25, -0.2) is 0 Å². The van der Waals surface area contributed by atoms with Gasteiger partial charge in [-0.3, -0.25) is 4.68 Å². The Balaban J connectivity index is 2.05. The van der Waals surface area contributed by atoms with Crippen molar-refractivity contribution in [1.29, 1.82) is 0 Å². The Kier molecular flexibility index (Phi) is 5.26. The molecule has 1 aliphatic carbocycles. The van der Waals surface area contributed by atoms with Gasteiger partial charge in [-0.05, 0) is 54.6 Å². The maximum atomic E-state index is 10.9. The third kappa shape index (κ3) is 3.43. The number of aryl methyl sites for hydroxylation is 2. The molecule has 0 unspecified atom stereocenters. The van der Waals surface area contributed by atoms with Crippen LogP contribution in [0, 0.1) is 0 Å². The number of hydrogen-bond donors (Lipinski definition) is 2. The maximum Gasteiger partial charge on any atom is 0.0766 e. The van der Waals surface area contributed by atoms with E-state index in [0.717, 1.165) is 54.5 Å². The van der Waals surface area contributed by atoms with Crippen LogP contribution in [-0.2, 0) is 19.9 Å². The number of hydrogen-bond acceptors (Lipinski definition) is 3. The predicted octanol–water partition coefficient (Wildman–Crippen LogP) is 2.57. The highest BCUT2D eigenvalue weighted by Crippen LogP contribution is 2.34. The molecule has 0 saturated heterocycles. The third-order valence-corrected chi connectivity index (χ3v) is 5.32. The van der Waals surface area contributed by atoms with Crippen LogP contribution < -0.4 is 5.32 Å². The Morgan fingerprint density at radius 3 is 2.55 bits per heavy atom. The van der Waals surface area contributed by atoms with E-state index in [1.54, 1.807) is 0 Å². The van der Waals surface area contributed by atoms with Gasteiger partial charge in [0, 0.05) is 19.5 Å². The van der Waals surface area contributed by atoms with Crippen LogP contribution in [0.25, 0.3) is 0 Å². The summed E-state index contributed by atoms with van der Waals surface area (Å²) >= 11 is 3.64. The number of aliphatic hydroxyl groups is 1. The number of nitrogens with one attached hydrogen (secondary N) is 1. The monoisotopic (exact) mass is 343 g/mol. The first-order valence-electron chi connectivity index (χ1n) is 7.65. The van der Waals surface area contributed by atoms with E-state index in [2.05, 4.69) is 40.2 Å². The lowest BCUT2D eigenvalue weighted by Gasteiger charge is -2.36. The molecular formula is C15H26BrN3O. The zero-order valence-electron chi connectivity index (χ0n) is 12.7. The molecule has 1 aromatic rings. The summed E-state index contributed by atoms with van der Waals surface area (Å²) in [6.45, 7) is 5.25. The van der Waals surface area contributed by atoms with E-state index in [4.69, 9.17) is 0 Å². The molecule has 0 radical (unpaired) electrons. The molecule has 1 heterocycles. The molecule has 1 aromatic heterocycles. The van der Waals surface area contributed by atoms with Crippen molar-refractivity contribution in [2.24, 2.45) is 7.05 Å². The number of rotatable bonds is 5. The average Bonchev–Trinajstić information content (AvgIpc) is 2.69. The van der Waals surface area contributed by atoms with E-state index < -0.39 is 5.60 Å². The summed E-state index contributed by atoms with van der Waals surface area (Å²) in [5.74, 6) is 0. The highest BCUT2D eigenvalue weighted by atomic mass is 79.9. The van der Waals surface area contributed by atoms with Crippen LogP contribution in [0.2, 0.25) is 0 Å². The summed E-state index contributed by atoms with van der Waals surface area (Å²) in [6, 6.07) is 0.571. The lowest BCUT2D eigenvalue weighted by atomic mass is 9.79. The molecule has 0 aromatic carbocycles. The fourth-order valence-electron chi connectivity index (χ4n) is 3.15. The van der Waals surface area contributed by atoms with Gasteiger partial charge in [0.05, 0.1) is 21.5 Å². The standard InChI is InChI=1S/C15H26BrN3O/c1-4-12-14(16)13(19(3)18-12)10-15(20)8-6-11(7-9-15)17-5-2/h11,17,20H,4-10H2,1-3H3. The Labute approximate surface area is 130 Å². The van der Waals surface area contributed by atoms with Crippen molar-refractivity contribution in [1.82, 2.24) is 15.1 Å². The molecule has 1 saturated carbocycles. The summed E-state index contributed by atoms with van der Waals surface area (Å²) in [7, 11) is 1.97. The summed E-state index contributed by atoms with van der Waals surface area (Å²) in [5, 5.41) is 18.9. The summed E-state index contributed by atoms with van der Waals surface area (Å²) in [6.07, 6.45) is 5.44. The minimum atomic E-state index is -0.576. The van der Waals surface area contributed by atoms with E-state index in [9.17, 15) is 5.11 Å². The van der Waals surface area contributed by atoms with Crippen molar-refractivity contribution >= 4 is 15.9 Å². The predicted molar refractivity (Wildman–Crippen MR) is 84.9 cm³/mol. The number of aromatic nitrogens is 2. The first kappa shape index (κ1) is 16.0. The van der Waals surface area contributed by atoms with Gasteiger partial charge in [0.25, 0.3) is 0 Å². The summed E-state index contributed by atoms with van der Waals surface area (Å²) in [5.41, 5.74) is 1.62. The molecule has 0 spiro atoms. The van der Waals surface area contributed by atoms with Crippen molar-refractivity contribution in [3.05, 3.63) is 15.9 Å². The first-order valence-corrected chi connectivity index (χ1v) is 8.44. The Bertz CT molecular complexity index is 450. The van der Waals surface area contributed by atoms with Gasteiger partial charge < -0.3 is 10.4 Å². The van der Waals surface area contributed by atoms with Gasteiger partial charge >= 0.3 is 0 Å². The van der Waals surface area contributed by atoms with Gasteiger partial charge in [-0.15, -0.1) is 0 Å².